The molecule has 1 aliphatic rings. The molecular weight excluding hydrogens is 264 g/mol. The third kappa shape index (κ3) is 4.83. The zero-order chi connectivity index (χ0) is 15.2. The molecule has 0 spiro atoms. The van der Waals surface area contributed by atoms with Crippen LogP contribution in [0.25, 0.3) is 0 Å². The molecule has 116 valence electrons. The molecule has 1 aliphatic heterocycles. The quantitative estimate of drug-likeness (QED) is 0.843. The summed E-state index contributed by atoms with van der Waals surface area (Å²) in [6, 6.07) is 7.78. The lowest BCUT2D eigenvalue weighted by Gasteiger charge is -2.16. The predicted octanol–water partition coefficient (Wildman–Crippen LogP) is 2.03. The highest BCUT2D eigenvalue weighted by Crippen LogP contribution is 2.14. The van der Waals surface area contributed by atoms with E-state index in [0.717, 1.165) is 19.6 Å². The van der Waals surface area contributed by atoms with Crippen LogP contribution in [0.5, 0.6) is 0 Å². The van der Waals surface area contributed by atoms with Crippen LogP contribution in [0.2, 0.25) is 0 Å². The van der Waals surface area contributed by atoms with E-state index in [9.17, 15) is 9.90 Å². The number of nitrogens with zero attached hydrogens (tertiary/aromatic N) is 1. The monoisotopic (exact) mass is 290 g/mol. The summed E-state index contributed by atoms with van der Waals surface area (Å²) in [5.41, 5.74) is 1.84. The molecule has 1 amide bonds. The first-order chi connectivity index (χ1) is 10.1. The Labute approximate surface area is 127 Å². The van der Waals surface area contributed by atoms with E-state index in [0.29, 0.717) is 12.1 Å². The Hall–Kier alpha value is -1.39. The highest BCUT2D eigenvalue weighted by molar-refractivity contribution is 5.94. The number of likely N-dealkylation sites (tertiary alicyclic amines) is 1. The predicted molar refractivity (Wildman–Crippen MR) is 84.1 cm³/mol. The van der Waals surface area contributed by atoms with Gasteiger partial charge in [-0.15, -0.1) is 0 Å². The fourth-order valence-electron chi connectivity index (χ4n) is 2.54. The van der Waals surface area contributed by atoms with E-state index < -0.39 is 6.10 Å². The highest BCUT2D eigenvalue weighted by atomic mass is 16.3. The number of hydrogen-bond acceptors (Lipinski definition) is 3. The van der Waals surface area contributed by atoms with Crippen molar-refractivity contribution >= 4 is 5.91 Å². The van der Waals surface area contributed by atoms with Crippen molar-refractivity contribution in [1.29, 1.82) is 0 Å². The van der Waals surface area contributed by atoms with Crippen LogP contribution in [-0.4, -0.2) is 41.7 Å². The maximum Gasteiger partial charge on any atom is 0.251 e. The molecule has 0 bridgehead atoms. The summed E-state index contributed by atoms with van der Waals surface area (Å²) in [4.78, 5) is 14.5. The van der Waals surface area contributed by atoms with Crippen molar-refractivity contribution in [1.82, 2.24) is 10.2 Å². The summed E-state index contributed by atoms with van der Waals surface area (Å²) in [6.45, 7) is 7.39. The van der Waals surface area contributed by atoms with Gasteiger partial charge in [0.1, 0.15) is 0 Å². The molecule has 1 saturated heterocycles. The molecule has 1 fully saturated rings. The second-order valence-corrected chi connectivity index (χ2v) is 6.21. The minimum absolute atomic E-state index is 0.113. The van der Waals surface area contributed by atoms with E-state index in [2.05, 4.69) is 16.3 Å². The Balaban J connectivity index is 1.91. The number of nitrogens with one attached hydrogen (secondary N) is 1. The van der Waals surface area contributed by atoms with Crippen LogP contribution in [0, 0.1) is 5.92 Å². The fraction of sp³-hybridized carbons (Fsp3) is 0.588. The lowest BCUT2D eigenvalue weighted by molar-refractivity contribution is 0.0871. The normalized spacial score (nSPS) is 17.1. The zero-order valence-corrected chi connectivity index (χ0v) is 13.0. The lowest BCUT2D eigenvalue weighted by Crippen LogP contribution is -2.34. The van der Waals surface area contributed by atoms with Crippen LogP contribution < -0.4 is 5.32 Å². The van der Waals surface area contributed by atoms with Gasteiger partial charge in [-0.05, 0) is 49.5 Å². The number of amides is 1. The Morgan fingerprint density at radius 2 is 2.05 bits per heavy atom. The topological polar surface area (TPSA) is 52.6 Å². The average molecular weight is 290 g/mol. The number of aliphatic hydroxyl groups is 1. The molecule has 1 aromatic carbocycles. The average Bonchev–Trinajstić information content (AvgIpc) is 2.97. The molecule has 2 N–H and O–H groups in total. The maximum absolute atomic E-state index is 12.1. The summed E-state index contributed by atoms with van der Waals surface area (Å²) in [5.74, 6) is 0.0322. The minimum Gasteiger partial charge on any atom is -0.391 e. The minimum atomic E-state index is -0.498. The first kappa shape index (κ1) is 16.0. The van der Waals surface area contributed by atoms with Gasteiger partial charge in [-0.2, -0.15) is 0 Å². The van der Waals surface area contributed by atoms with Crippen LogP contribution in [0.15, 0.2) is 24.3 Å². The van der Waals surface area contributed by atoms with Gasteiger partial charge in [-0.1, -0.05) is 26.0 Å². The number of benzene rings is 1. The molecule has 1 unspecified atom stereocenters. The Kier molecular flexibility index (Phi) is 5.76. The summed E-state index contributed by atoms with van der Waals surface area (Å²) in [6.07, 6.45) is 2.04. The fourth-order valence-corrected chi connectivity index (χ4v) is 2.54. The summed E-state index contributed by atoms with van der Waals surface area (Å²) >= 11 is 0. The van der Waals surface area contributed by atoms with Crippen LogP contribution in [0.1, 0.15) is 42.6 Å². The van der Waals surface area contributed by atoms with E-state index in [1.165, 1.54) is 18.4 Å². The first-order valence-electron chi connectivity index (χ1n) is 7.84. The van der Waals surface area contributed by atoms with Crippen molar-refractivity contribution in [3.8, 4) is 0 Å². The first-order valence-corrected chi connectivity index (χ1v) is 7.84. The summed E-state index contributed by atoms with van der Waals surface area (Å²) in [7, 11) is 0. The Bertz CT molecular complexity index is 468. The van der Waals surface area contributed by atoms with Gasteiger partial charge in [0, 0.05) is 18.7 Å². The maximum atomic E-state index is 12.1. The van der Waals surface area contributed by atoms with Crippen molar-refractivity contribution < 1.29 is 9.90 Å². The molecule has 0 aliphatic carbocycles. The Morgan fingerprint density at radius 1 is 1.33 bits per heavy atom. The molecule has 1 atom stereocenters. The molecule has 1 heterocycles. The smallest absolute Gasteiger partial charge is 0.251 e. The van der Waals surface area contributed by atoms with Crippen LogP contribution in [-0.2, 0) is 6.54 Å². The van der Waals surface area contributed by atoms with Crippen molar-refractivity contribution in [3.63, 3.8) is 0 Å². The van der Waals surface area contributed by atoms with Crippen LogP contribution >= 0.6 is 0 Å². The van der Waals surface area contributed by atoms with Gasteiger partial charge in [-0.3, -0.25) is 9.69 Å². The molecule has 0 aromatic heterocycles. The third-order valence-corrected chi connectivity index (χ3v) is 4.04. The SMILES string of the molecule is CC(C)C(O)CNC(=O)c1cccc(CN2CCCC2)c1. The zero-order valence-electron chi connectivity index (χ0n) is 13.0. The van der Waals surface area contributed by atoms with Crippen molar-refractivity contribution in [2.75, 3.05) is 19.6 Å². The summed E-state index contributed by atoms with van der Waals surface area (Å²) in [5, 5.41) is 12.5. The third-order valence-electron chi connectivity index (χ3n) is 4.04. The molecule has 1 aromatic rings. The van der Waals surface area contributed by atoms with E-state index >= 15 is 0 Å². The van der Waals surface area contributed by atoms with Gasteiger partial charge in [0.15, 0.2) is 0 Å². The summed E-state index contributed by atoms with van der Waals surface area (Å²) < 4.78 is 0. The second-order valence-electron chi connectivity index (χ2n) is 6.21. The van der Waals surface area contributed by atoms with Gasteiger partial charge < -0.3 is 10.4 Å². The number of carbonyl (C=O) groups excluding carboxylic acids is 1. The van der Waals surface area contributed by atoms with Gasteiger partial charge >= 0.3 is 0 Å². The Morgan fingerprint density at radius 3 is 2.71 bits per heavy atom. The van der Waals surface area contributed by atoms with Gasteiger partial charge in [0.2, 0.25) is 0 Å². The van der Waals surface area contributed by atoms with E-state index in [-0.39, 0.29) is 11.8 Å². The van der Waals surface area contributed by atoms with Crippen molar-refractivity contribution in [3.05, 3.63) is 35.4 Å². The van der Waals surface area contributed by atoms with Crippen LogP contribution in [0.4, 0.5) is 0 Å². The van der Waals surface area contributed by atoms with Crippen LogP contribution in [0.3, 0.4) is 0 Å². The van der Waals surface area contributed by atoms with E-state index in [1.54, 1.807) is 0 Å². The highest BCUT2D eigenvalue weighted by Gasteiger charge is 2.14. The standard InChI is InChI=1S/C17H26N2O2/c1-13(2)16(20)11-18-17(21)15-7-5-6-14(10-15)12-19-8-3-4-9-19/h5-7,10,13,16,20H,3-4,8-9,11-12H2,1-2H3,(H,18,21). The van der Waals surface area contributed by atoms with Crippen molar-refractivity contribution in [2.45, 2.75) is 39.3 Å². The second kappa shape index (κ2) is 7.57. The molecule has 0 saturated carbocycles. The largest absolute Gasteiger partial charge is 0.391 e. The van der Waals surface area contributed by atoms with E-state index in [1.807, 2.05) is 32.0 Å². The van der Waals surface area contributed by atoms with E-state index in [4.69, 9.17) is 0 Å². The number of aliphatic hydroxyl groups excluding tert-OH is 1. The molecule has 0 radical (unpaired) electrons. The molecule has 21 heavy (non-hydrogen) atoms. The molecule has 4 heteroatoms. The number of hydrogen-bond donors (Lipinski definition) is 2. The van der Waals surface area contributed by atoms with Gasteiger partial charge in [0.25, 0.3) is 5.91 Å². The molecule has 4 nitrogen and oxygen atoms in total. The lowest BCUT2D eigenvalue weighted by atomic mass is 10.1. The van der Waals surface area contributed by atoms with Crippen molar-refractivity contribution in [2.24, 2.45) is 5.92 Å². The number of carbonyl (C=O) groups is 1. The molecule has 2 rings (SSSR count). The van der Waals surface area contributed by atoms with Gasteiger partial charge in [0.05, 0.1) is 6.10 Å². The van der Waals surface area contributed by atoms with Gasteiger partial charge in [-0.25, -0.2) is 0 Å². The molecular formula is C17H26N2O2. The number of rotatable bonds is 6.